The quantitative estimate of drug-likeness (QED) is 0.629. The van der Waals surface area contributed by atoms with Crippen LogP contribution >= 0.6 is 0 Å². The van der Waals surface area contributed by atoms with Gasteiger partial charge in [-0.25, -0.2) is 0 Å². The molecule has 0 saturated carbocycles. The van der Waals surface area contributed by atoms with Crippen LogP contribution in [0.2, 0.25) is 0 Å². The Labute approximate surface area is 128 Å². The number of fused-ring (bicyclic) bond motifs is 4. The second-order valence-electron chi connectivity index (χ2n) is 5.51. The number of carbonyl (C=O) groups is 2. The Morgan fingerprint density at radius 1 is 1.50 bits per heavy atom. The zero-order valence-corrected chi connectivity index (χ0v) is 12.3. The van der Waals surface area contributed by atoms with Crippen LogP contribution in [0.4, 0.5) is 0 Å². The normalized spacial score (nSPS) is 27.9. The average molecular weight is 299 g/mol. The van der Waals surface area contributed by atoms with Gasteiger partial charge < -0.3 is 9.47 Å². The number of carbonyl (C=O) groups excluding carboxylic acids is 2. The largest absolute Gasteiger partial charge is 0.461 e. The highest BCUT2D eigenvalue weighted by Crippen LogP contribution is 2.57. The molecule has 0 fully saturated rings. The summed E-state index contributed by atoms with van der Waals surface area (Å²) in [7, 11) is 0. The third kappa shape index (κ3) is 2.04. The second kappa shape index (κ2) is 5.40. The predicted octanol–water partition coefficient (Wildman–Crippen LogP) is 2.04. The minimum absolute atomic E-state index is 0.0830. The highest BCUT2D eigenvalue weighted by Gasteiger charge is 2.61. The first-order chi connectivity index (χ1) is 10.6. The Hall–Kier alpha value is -2.43. The molecule has 0 aliphatic heterocycles. The molecule has 5 nitrogen and oxygen atoms in total. The van der Waals surface area contributed by atoms with Gasteiger partial charge in [0.15, 0.2) is 0 Å². The summed E-state index contributed by atoms with van der Waals surface area (Å²) in [4.78, 5) is 28.2. The van der Waals surface area contributed by atoms with Crippen molar-refractivity contribution in [1.29, 1.82) is 0 Å². The summed E-state index contributed by atoms with van der Waals surface area (Å²) in [5, 5.41) is 0. The first-order valence-corrected chi connectivity index (χ1v) is 7.18. The third-order valence-corrected chi connectivity index (χ3v) is 4.18. The van der Waals surface area contributed by atoms with Crippen molar-refractivity contribution in [2.75, 3.05) is 6.61 Å². The van der Waals surface area contributed by atoms with Crippen LogP contribution in [0.25, 0.3) is 0 Å². The standard InChI is InChI=1S/C17H17NO4/c1-3-9-21-16(20)17-10-12(22-11(2)19)6-7-14(17)13-5-4-8-18-15(13)17/h3-8,12,14H,1,9-10H2,2H3/t12-,14+,17-/m1/s1. The SMILES string of the molecule is C=CCOC(=O)[C@]12C[C@H](OC(C)=O)C=C[C@H]1c1cccnc12. The molecule has 2 aliphatic rings. The summed E-state index contributed by atoms with van der Waals surface area (Å²) in [6.45, 7) is 5.07. The Bertz CT molecular complexity index is 666. The first-order valence-electron chi connectivity index (χ1n) is 7.18. The molecule has 0 amide bonds. The molecule has 0 saturated heterocycles. The summed E-state index contributed by atoms with van der Waals surface area (Å²) in [6, 6.07) is 3.81. The number of esters is 2. The third-order valence-electron chi connectivity index (χ3n) is 4.18. The van der Waals surface area contributed by atoms with Crippen molar-refractivity contribution in [3.8, 4) is 0 Å². The molecule has 0 unspecified atom stereocenters. The maximum absolute atomic E-state index is 12.7. The van der Waals surface area contributed by atoms with E-state index in [-0.39, 0.29) is 24.5 Å². The smallest absolute Gasteiger partial charge is 0.319 e. The van der Waals surface area contributed by atoms with Crippen LogP contribution in [0.5, 0.6) is 0 Å². The molecule has 0 bridgehead atoms. The van der Waals surface area contributed by atoms with Gasteiger partial charge in [0.05, 0.1) is 5.69 Å². The highest BCUT2D eigenvalue weighted by molar-refractivity contribution is 5.89. The number of nitrogens with zero attached hydrogens (tertiary/aromatic N) is 1. The lowest BCUT2D eigenvalue weighted by Gasteiger charge is -2.49. The molecule has 0 aromatic carbocycles. The number of aromatic nitrogens is 1. The molecule has 3 atom stereocenters. The minimum Gasteiger partial charge on any atom is -0.461 e. The van der Waals surface area contributed by atoms with Crippen molar-refractivity contribution in [2.24, 2.45) is 0 Å². The molecular weight excluding hydrogens is 282 g/mol. The highest BCUT2D eigenvalue weighted by atomic mass is 16.5. The Morgan fingerprint density at radius 2 is 2.32 bits per heavy atom. The van der Waals surface area contributed by atoms with Crippen molar-refractivity contribution in [2.45, 2.75) is 30.8 Å². The van der Waals surface area contributed by atoms with E-state index < -0.39 is 11.5 Å². The molecular formula is C17H17NO4. The van der Waals surface area contributed by atoms with Crippen molar-refractivity contribution in [1.82, 2.24) is 4.98 Å². The van der Waals surface area contributed by atoms with E-state index in [1.54, 1.807) is 6.20 Å². The van der Waals surface area contributed by atoms with Gasteiger partial charge in [0.25, 0.3) is 0 Å². The summed E-state index contributed by atoms with van der Waals surface area (Å²) in [6.07, 6.45) is 6.85. The zero-order valence-electron chi connectivity index (χ0n) is 12.3. The van der Waals surface area contributed by atoms with Crippen molar-refractivity contribution >= 4 is 11.9 Å². The number of ether oxygens (including phenoxy) is 2. The Kier molecular flexibility index (Phi) is 3.56. The van der Waals surface area contributed by atoms with Crippen LogP contribution < -0.4 is 0 Å². The first kappa shape index (κ1) is 14.5. The topological polar surface area (TPSA) is 65.5 Å². The summed E-state index contributed by atoms with van der Waals surface area (Å²) >= 11 is 0. The lowest BCUT2D eigenvalue weighted by Crippen LogP contribution is -2.54. The van der Waals surface area contributed by atoms with Crippen molar-refractivity contribution in [3.05, 3.63) is 54.4 Å². The van der Waals surface area contributed by atoms with Crippen LogP contribution in [0.15, 0.2) is 43.1 Å². The van der Waals surface area contributed by atoms with Crippen LogP contribution in [0.1, 0.15) is 30.5 Å². The van der Waals surface area contributed by atoms with E-state index in [9.17, 15) is 9.59 Å². The maximum atomic E-state index is 12.7. The Balaban J connectivity index is 1.97. The van der Waals surface area contributed by atoms with E-state index >= 15 is 0 Å². The van der Waals surface area contributed by atoms with Crippen molar-refractivity contribution < 1.29 is 19.1 Å². The van der Waals surface area contributed by atoms with E-state index in [4.69, 9.17) is 9.47 Å². The second-order valence-corrected chi connectivity index (χ2v) is 5.51. The van der Waals surface area contributed by atoms with Crippen LogP contribution in [-0.2, 0) is 24.5 Å². The molecule has 0 N–H and O–H groups in total. The molecule has 2 aliphatic carbocycles. The molecule has 114 valence electrons. The predicted molar refractivity (Wildman–Crippen MR) is 79.1 cm³/mol. The van der Waals surface area contributed by atoms with Gasteiger partial charge in [-0.15, -0.1) is 0 Å². The summed E-state index contributed by atoms with van der Waals surface area (Å²) in [5.41, 5.74) is 0.875. The zero-order chi connectivity index (χ0) is 15.7. The molecule has 5 heteroatoms. The molecule has 1 aromatic heterocycles. The summed E-state index contributed by atoms with van der Waals surface area (Å²) in [5.74, 6) is -0.797. The van der Waals surface area contributed by atoms with Gasteiger partial charge in [0.1, 0.15) is 18.1 Å². The van der Waals surface area contributed by atoms with E-state index in [0.717, 1.165) is 11.3 Å². The number of pyridine rings is 1. The van der Waals surface area contributed by atoms with Gasteiger partial charge >= 0.3 is 11.9 Å². The van der Waals surface area contributed by atoms with Gasteiger partial charge in [-0.2, -0.15) is 0 Å². The van der Waals surface area contributed by atoms with Gasteiger partial charge in [-0.1, -0.05) is 24.8 Å². The van der Waals surface area contributed by atoms with E-state index in [1.165, 1.54) is 13.0 Å². The van der Waals surface area contributed by atoms with E-state index in [1.807, 2.05) is 24.3 Å². The fraction of sp³-hybridized carbons (Fsp3) is 0.353. The lowest BCUT2D eigenvalue weighted by atomic mass is 9.54. The van der Waals surface area contributed by atoms with Crippen molar-refractivity contribution in [3.63, 3.8) is 0 Å². The fourth-order valence-corrected chi connectivity index (χ4v) is 3.35. The molecule has 0 spiro atoms. The minimum atomic E-state index is -0.867. The Morgan fingerprint density at radius 3 is 3.05 bits per heavy atom. The number of hydrogen-bond donors (Lipinski definition) is 0. The van der Waals surface area contributed by atoms with Gasteiger partial charge in [0, 0.05) is 25.5 Å². The van der Waals surface area contributed by atoms with Gasteiger partial charge in [-0.3, -0.25) is 14.6 Å². The maximum Gasteiger partial charge on any atom is 0.319 e. The average Bonchev–Trinajstić information content (AvgIpc) is 2.49. The molecule has 1 heterocycles. The number of hydrogen-bond acceptors (Lipinski definition) is 5. The van der Waals surface area contributed by atoms with E-state index in [2.05, 4.69) is 11.6 Å². The molecule has 0 radical (unpaired) electrons. The number of rotatable bonds is 4. The molecule has 22 heavy (non-hydrogen) atoms. The van der Waals surface area contributed by atoms with Crippen LogP contribution in [0, 0.1) is 0 Å². The van der Waals surface area contributed by atoms with Crippen LogP contribution in [0.3, 0.4) is 0 Å². The summed E-state index contributed by atoms with van der Waals surface area (Å²) < 4.78 is 10.6. The molecule has 1 aromatic rings. The van der Waals surface area contributed by atoms with Crippen LogP contribution in [-0.4, -0.2) is 29.6 Å². The molecule has 3 rings (SSSR count). The van der Waals surface area contributed by atoms with Gasteiger partial charge in [0.2, 0.25) is 0 Å². The number of allylic oxidation sites excluding steroid dienone is 1. The van der Waals surface area contributed by atoms with E-state index in [0.29, 0.717) is 6.42 Å². The fourth-order valence-electron chi connectivity index (χ4n) is 3.35. The lowest BCUT2D eigenvalue weighted by molar-refractivity contribution is -0.157. The van der Waals surface area contributed by atoms with Gasteiger partial charge in [-0.05, 0) is 17.7 Å². The monoisotopic (exact) mass is 299 g/mol.